The number of amides is 1. The molecule has 0 saturated heterocycles. The first-order valence-electron chi connectivity index (χ1n) is 5.97. The van der Waals surface area contributed by atoms with Crippen molar-refractivity contribution in [1.29, 1.82) is 0 Å². The third kappa shape index (κ3) is 3.42. The molecule has 0 aliphatic heterocycles. The number of carbonyl (C=O) groups excluding carboxylic acids is 2. The molecule has 2 rings (SSSR count). The van der Waals surface area contributed by atoms with Crippen molar-refractivity contribution in [3.05, 3.63) is 40.9 Å². The first kappa shape index (κ1) is 14.2. The molecule has 1 heterocycles. The number of Topliss-reactive ketones (excluding diaryl/α,β-unsaturated/α-hetero) is 1. The fourth-order valence-corrected chi connectivity index (χ4v) is 2.30. The molecule has 0 saturated carbocycles. The van der Waals surface area contributed by atoms with Crippen LogP contribution in [0.3, 0.4) is 0 Å². The van der Waals surface area contributed by atoms with Crippen molar-refractivity contribution in [2.75, 3.05) is 12.4 Å². The molecule has 6 heteroatoms. The summed E-state index contributed by atoms with van der Waals surface area (Å²) in [4.78, 5) is 27.3. The number of rotatable bonds is 5. The van der Waals surface area contributed by atoms with Crippen LogP contribution in [0.1, 0.15) is 22.8 Å². The zero-order valence-electron chi connectivity index (χ0n) is 11.2. The summed E-state index contributed by atoms with van der Waals surface area (Å²) < 4.78 is 5.21. The number of nitrogens with one attached hydrogen (secondary N) is 1. The quantitative estimate of drug-likeness (QED) is 0.859. The van der Waals surface area contributed by atoms with Crippen molar-refractivity contribution in [3.8, 4) is 5.75 Å². The molecule has 20 heavy (non-hydrogen) atoms. The van der Waals surface area contributed by atoms with Crippen LogP contribution in [0.15, 0.2) is 29.8 Å². The lowest BCUT2D eigenvalue weighted by Gasteiger charge is -2.09. The molecular formula is C14H14N2O3S. The average molecular weight is 290 g/mol. The van der Waals surface area contributed by atoms with Crippen LogP contribution in [0.2, 0.25) is 0 Å². The Balaban J connectivity index is 2.16. The summed E-state index contributed by atoms with van der Waals surface area (Å²) >= 11 is 1.35. The summed E-state index contributed by atoms with van der Waals surface area (Å²) in [6.07, 6.45) is 1.75. The van der Waals surface area contributed by atoms with Crippen molar-refractivity contribution in [2.24, 2.45) is 0 Å². The van der Waals surface area contributed by atoms with Gasteiger partial charge >= 0.3 is 0 Å². The fraction of sp³-hybridized carbons (Fsp3) is 0.214. The van der Waals surface area contributed by atoms with E-state index >= 15 is 0 Å². The average Bonchev–Trinajstić information content (AvgIpc) is 2.91. The topological polar surface area (TPSA) is 68.3 Å². The zero-order valence-corrected chi connectivity index (χ0v) is 12.0. The van der Waals surface area contributed by atoms with Crippen molar-refractivity contribution in [1.82, 2.24) is 4.98 Å². The monoisotopic (exact) mass is 290 g/mol. The largest absolute Gasteiger partial charge is 0.496 e. The minimum atomic E-state index is -0.195. The summed E-state index contributed by atoms with van der Waals surface area (Å²) in [5.74, 6) is 0.345. The van der Waals surface area contributed by atoms with Crippen molar-refractivity contribution >= 4 is 28.2 Å². The fourth-order valence-electron chi connectivity index (χ4n) is 1.76. The summed E-state index contributed by atoms with van der Waals surface area (Å²) in [6.45, 7) is 1.49. The Kier molecular flexibility index (Phi) is 4.47. The molecule has 0 bridgehead atoms. The molecule has 1 N–H and O–H groups in total. The highest BCUT2D eigenvalue weighted by molar-refractivity contribution is 7.13. The lowest BCUT2D eigenvalue weighted by atomic mass is 10.0. The van der Waals surface area contributed by atoms with E-state index in [4.69, 9.17) is 4.74 Å². The lowest BCUT2D eigenvalue weighted by Crippen LogP contribution is -2.15. The van der Waals surface area contributed by atoms with E-state index in [9.17, 15) is 9.59 Å². The minimum absolute atomic E-state index is 0.0470. The Morgan fingerprint density at radius 1 is 1.40 bits per heavy atom. The van der Waals surface area contributed by atoms with E-state index in [1.807, 2.05) is 0 Å². The summed E-state index contributed by atoms with van der Waals surface area (Å²) in [6, 6.07) is 5.06. The number of carbonyl (C=O) groups is 2. The van der Waals surface area contributed by atoms with Gasteiger partial charge in [0.15, 0.2) is 10.9 Å². The lowest BCUT2D eigenvalue weighted by molar-refractivity contribution is -0.115. The van der Waals surface area contributed by atoms with E-state index in [2.05, 4.69) is 10.3 Å². The smallest absolute Gasteiger partial charge is 0.230 e. The molecular weight excluding hydrogens is 276 g/mol. The Morgan fingerprint density at radius 3 is 2.80 bits per heavy atom. The molecule has 1 amide bonds. The Morgan fingerprint density at radius 2 is 2.20 bits per heavy atom. The number of nitrogens with zero attached hydrogens (tertiary/aromatic N) is 1. The number of ketones is 1. The Bertz CT molecular complexity index is 623. The number of ether oxygens (including phenoxy) is 1. The van der Waals surface area contributed by atoms with Crippen LogP contribution >= 0.6 is 11.3 Å². The number of anilines is 1. The second-order valence-corrected chi connectivity index (χ2v) is 5.04. The van der Waals surface area contributed by atoms with Gasteiger partial charge in [0.25, 0.3) is 0 Å². The van der Waals surface area contributed by atoms with Gasteiger partial charge in [-0.05, 0) is 25.1 Å². The van der Waals surface area contributed by atoms with Crippen molar-refractivity contribution in [2.45, 2.75) is 13.3 Å². The van der Waals surface area contributed by atoms with Gasteiger partial charge < -0.3 is 10.1 Å². The predicted molar refractivity (Wildman–Crippen MR) is 77.4 cm³/mol. The van der Waals surface area contributed by atoms with Gasteiger partial charge in [0.05, 0.1) is 13.5 Å². The Labute approximate surface area is 120 Å². The summed E-state index contributed by atoms with van der Waals surface area (Å²) in [5.41, 5.74) is 1.23. The Hall–Kier alpha value is -2.21. The highest BCUT2D eigenvalue weighted by atomic mass is 32.1. The van der Waals surface area contributed by atoms with Gasteiger partial charge in [-0.3, -0.25) is 9.59 Å². The van der Waals surface area contributed by atoms with E-state index in [0.29, 0.717) is 22.0 Å². The van der Waals surface area contributed by atoms with Crippen LogP contribution in [0.25, 0.3) is 0 Å². The number of benzene rings is 1. The van der Waals surface area contributed by atoms with Crippen LogP contribution in [0.4, 0.5) is 5.13 Å². The summed E-state index contributed by atoms with van der Waals surface area (Å²) in [5, 5.41) is 5.04. The van der Waals surface area contributed by atoms with E-state index in [0.717, 1.165) is 0 Å². The number of hydrogen-bond acceptors (Lipinski definition) is 5. The van der Waals surface area contributed by atoms with Gasteiger partial charge in [-0.15, -0.1) is 11.3 Å². The van der Waals surface area contributed by atoms with Gasteiger partial charge in [-0.2, -0.15) is 0 Å². The first-order valence-corrected chi connectivity index (χ1v) is 6.85. The molecule has 1 aromatic heterocycles. The predicted octanol–water partition coefficient (Wildman–Crippen LogP) is 2.54. The number of hydrogen-bond donors (Lipinski definition) is 1. The minimum Gasteiger partial charge on any atom is -0.496 e. The third-order valence-corrected chi connectivity index (χ3v) is 3.41. The maximum Gasteiger partial charge on any atom is 0.230 e. The SMILES string of the molecule is COc1ccc(C(C)=O)cc1CC(=O)Nc1nccs1. The highest BCUT2D eigenvalue weighted by Gasteiger charge is 2.12. The van der Waals surface area contributed by atoms with E-state index in [-0.39, 0.29) is 18.1 Å². The molecule has 0 atom stereocenters. The molecule has 0 radical (unpaired) electrons. The second kappa shape index (κ2) is 6.29. The molecule has 0 aliphatic carbocycles. The molecule has 0 spiro atoms. The van der Waals surface area contributed by atoms with Crippen LogP contribution < -0.4 is 10.1 Å². The third-order valence-electron chi connectivity index (χ3n) is 2.72. The molecule has 0 unspecified atom stereocenters. The van der Waals surface area contributed by atoms with Gasteiger partial charge in [0, 0.05) is 22.7 Å². The summed E-state index contributed by atoms with van der Waals surface area (Å²) in [7, 11) is 1.53. The molecule has 0 aliphatic rings. The van der Waals surface area contributed by atoms with E-state index < -0.39 is 0 Å². The standard InChI is InChI=1S/C14H14N2O3S/c1-9(17)10-3-4-12(19-2)11(7-10)8-13(18)16-14-15-5-6-20-14/h3-7H,8H2,1-2H3,(H,15,16,18). The van der Waals surface area contributed by atoms with Gasteiger partial charge in [0.2, 0.25) is 5.91 Å². The van der Waals surface area contributed by atoms with Crippen LogP contribution in [0.5, 0.6) is 5.75 Å². The van der Waals surface area contributed by atoms with Crippen LogP contribution in [0, 0.1) is 0 Å². The molecule has 2 aromatic rings. The first-order chi connectivity index (χ1) is 9.60. The molecule has 1 aromatic carbocycles. The number of aromatic nitrogens is 1. The van der Waals surface area contributed by atoms with E-state index in [1.165, 1.54) is 25.4 Å². The highest BCUT2D eigenvalue weighted by Crippen LogP contribution is 2.21. The van der Waals surface area contributed by atoms with Crippen LogP contribution in [-0.4, -0.2) is 23.8 Å². The molecule has 0 fully saturated rings. The van der Waals surface area contributed by atoms with Crippen molar-refractivity contribution < 1.29 is 14.3 Å². The van der Waals surface area contributed by atoms with E-state index in [1.54, 1.807) is 29.8 Å². The maximum absolute atomic E-state index is 11.9. The normalized spacial score (nSPS) is 10.1. The van der Waals surface area contributed by atoms with Gasteiger partial charge in [-0.1, -0.05) is 0 Å². The number of methoxy groups -OCH3 is 1. The molecule has 104 valence electrons. The van der Waals surface area contributed by atoms with Crippen LogP contribution in [-0.2, 0) is 11.2 Å². The zero-order chi connectivity index (χ0) is 14.5. The second-order valence-electron chi connectivity index (χ2n) is 4.15. The number of thiazole rings is 1. The van der Waals surface area contributed by atoms with Crippen molar-refractivity contribution in [3.63, 3.8) is 0 Å². The maximum atomic E-state index is 11.9. The van der Waals surface area contributed by atoms with Gasteiger partial charge in [-0.25, -0.2) is 4.98 Å². The van der Waals surface area contributed by atoms with Gasteiger partial charge in [0.1, 0.15) is 5.75 Å². The molecule has 5 nitrogen and oxygen atoms in total.